The van der Waals surface area contributed by atoms with Crippen LogP contribution < -0.4 is 9.47 Å². The molecule has 0 atom stereocenters. The number of carbonyl (C=O) groups excluding carboxylic acids is 1. The van der Waals surface area contributed by atoms with E-state index in [-0.39, 0.29) is 15.6 Å². The summed E-state index contributed by atoms with van der Waals surface area (Å²) >= 11 is 18.2. The predicted molar refractivity (Wildman–Crippen MR) is 97.9 cm³/mol. The SMILES string of the molecule is CCCCCOc1c(Cl)cc(C(=O)Oc2ccc(Cl)cc2)cc1Cl. The Kier molecular flexibility index (Phi) is 7.22. The summed E-state index contributed by atoms with van der Waals surface area (Å²) in [7, 11) is 0. The molecule has 0 aliphatic heterocycles. The fourth-order valence-electron chi connectivity index (χ4n) is 2.01. The average molecular weight is 388 g/mol. The van der Waals surface area contributed by atoms with Crippen LogP contribution in [0.3, 0.4) is 0 Å². The zero-order valence-corrected chi connectivity index (χ0v) is 15.4. The van der Waals surface area contributed by atoms with Crippen LogP contribution >= 0.6 is 34.8 Å². The van der Waals surface area contributed by atoms with Gasteiger partial charge in [0.15, 0.2) is 5.75 Å². The molecule has 6 heteroatoms. The van der Waals surface area contributed by atoms with E-state index < -0.39 is 5.97 Å². The molecule has 0 saturated heterocycles. The lowest BCUT2D eigenvalue weighted by Gasteiger charge is -2.11. The first-order valence-corrected chi connectivity index (χ1v) is 8.74. The summed E-state index contributed by atoms with van der Waals surface area (Å²) in [6.07, 6.45) is 3.09. The lowest BCUT2D eigenvalue weighted by Crippen LogP contribution is -2.09. The molecule has 24 heavy (non-hydrogen) atoms. The second-order valence-corrected chi connectivity index (χ2v) is 6.42. The van der Waals surface area contributed by atoms with Crippen LogP contribution in [0.15, 0.2) is 36.4 Å². The fourth-order valence-corrected chi connectivity index (χ4v) is 2.73. The third-order valence-electron chi connectivity index (χ3n) is 3.25. The molecular weight excluding hydrogens is 371 g/mol. The molecule has 3 nitrogen and oxygen atoms in total. The summed E-state index contributed by atoms with van der Waals surface area (Å²) in [4.78, 5) is 12.2. The van der Waals surface area contributed by atoms with Gasteiger partial charge in [-0.3, -0.25) is 0 Å². The molecule has 0 aliphatic carbocycles. The van der Waals surface area contributed by atoms with Crippen molar-refractivity contribution in [2.75, 3.05) is 6.61 Å². The van der Waals surface area contributed by atoms with Crippen molar-refractivity contribution in [3.05, 3.63) is 57.0 Å². The molecule has 0 radical (unpaired) electrons. The molecule has 0 aliphatic rings. The highest BCUT2D eigenvalue weighted by atomic mass is 35.5. The summed E-state index contributed by atoms with van der Waals surface area (Å²) in [6, 6.07) is 9.46. The number of hydrogen-bond acceptors (Lipinski definition) is 3. The second-order valence-electron chi connectivity index (χ2n) is 5.17. The Morgan fingerprint density at radius 1 is 1.00 bits per heavy atom. The van der Waals surface area contributed by atoms with Crippen molar-refractivity contribution in [1.29, 1.82) is 0 Å². The first-order valence-electron chi connectivity index (χ1n) is 7.61. The average Bonchev–Trinajstić information content (AvgIpc) is 2.55. The third kappa shape index (κ3) is 5.30. The fraction of sp³-hybridized carbons (Fsp3) is 0.278. The van der Waals surface area contributed by atoms with Gasteiger partial charge >= 0.3 is 5.97 Å². The second kappa shape index (κ2) is 9.16. The smallest absolute Gasteiger partial charge is 0.343 e. The first kappa shape index (κ1) is 18.9. The number of carbonyl (C=O) groups is 1. The largest absolute Gasteiger partial charge is 0.490 e. The lowest BCUT2D eigenvalue weighted by molar-refractivity contribution is 0.0734. The van der Waals surface area contributed by atoms with Gasteiger partial charge in [0.2, 0.25) is 0 Å². The number of unbranched alkanes of at least 4 members (excludes halogenated alkanes) is 2. The van der Waals surface area contributed by atoms with Crippen LogP contribution in [0.4, 0.5) is 0 Å². The van der Waals surface area contributed by atoms with Gasteiger partial charge in [-0.05, 0) is 42.8 Å². The number of rotatable bonds is 7. The van der Waals surface area contributed by atoms with E-state index in [4.69, 9.17) is 44.3 Å². The molecule has 0 aromatic heterocycles. The summed E-state index contributed by atoms with van der Waals surface area (Å²) in [5.74, 6) is 0.215. The zero-order valence-electron chi connectivity index (χ0n) is 13.2. The molecule has 128 valence electrons. The van der Waals surface area contributed by atoms with Gasteiger partial charge in [-0.2, -0.15) is 0 Å². The number of benzene rings is 2. The van der Waals surface area contributed by atoms with E-state index in [2.05, 4.69) is 6.92 Å². The minimum absolute atomic E-state index is 0.251. The van der Waals surface area contributed by atoms with Gasteiger partial charge in [0.1, 0.15) is 5.75 Å². The van der Waals surface area contributed by atoms with E-state index in [1.807, 2.05) is 0 Å². The van der Waals surface area contributed by atoms with Crippen molar-refractivity contribution in [2.24, 2.45) is 0 Å². The van der Waals surface area contributed by atoms with Gasteiger partial charge in [-0.25, -0.2) is 4.79 Å². The molecule has 0 spiro atoms. The van der Waals surface area contributed by atoms with Crippen LogP contribution in [-0.4, -0.2) is 12.6 Å². The molecule has 0 unspecified atom stereocenters. The molecule has 0 heterocycles. The van der Waals surface area contributed by atoms with Crippen LogP contribution in [0.5, 0.6) is 11.5 Å². The van der Waals surface area contributed by atoms with Gasteiger partial charge in [0.05, 0.1) is 22.2 Å². The highest BCUT2D eigenvalue weighted by Gasteiger charge is 2.16. The Balaban J connectivity index is 2.07. The van der Waals surface area contributed by atoms with Crippen molar-refractivity contribution in [2.45, 2.75) is 26.2 Å². The van der Waals surface area contributed by atoms with Crippen molar-refractivity contribution in [3.63, 3.8) is 0 Å². The molecule has 2 rings (SSSR count). The topological polar surface area (TPSA) is 35.5 Å². The summed E-state index contributed by atoms with van der Waals surface area (Å²) in [6.45, 7) is 2.64. The minimum atomic E-state index is -0.557. The normalized spacial score (nSPS) is 10.5. The third-order valence-corrected chi connectivity index (χ3v) is 4.07. The number of esters is 1. The van der Waals surface area contributed by atoms with Crippen molar-refractivity contribution in [3.8, 4) is 11.5 Å². The number of hydrogen-bond donors (Lipinski definition) is 0. The van der Waals surface area contributed by atoms with E-state index in [9.17, 15) is 4.79 Å². The molecule has 0 fully saturated rings. The Morgan fingerprint density at radius 3 is 2.21 bits per heavy atom. The van der Waals surface area contributed by atoms with Crippen molar-refractivity contribution in [1.82, 2.24) is 0 Å². The lowest BCUT2D eigenvalue weighted by atomic mass is 10.2. The van der Waals surface area contributed by atoms with E-state index >= 15 is 0 Å². The van der Waals surface area contributed by atoms with Gasteiger partial charge in [-0.1, -0.05) is 54.6 Å². The molecule has 0 N–H and O–H groups in total. The van der Waals surface area contributed by atoms with Crippen LogP contribution in [0.25, 0.3) is 0 Å². The standard InChI is InChI=1S/C18H17Cl3O3/c1-2-3-4-9-23-17-15(20)10-12(11-16(17)21)18(22)24-14-7-5-13(19)6-8-14/h5-8,10-11H,2-4,9H2,1H3. The van der Waals surface area contributed by atoms with Gasteiger partial charge in [-0.15, -0.1) is 0 Å². The van der Waals surface area contributed by atoms with Crippen LogP contribution in [-0.2, 0) is 0 Å². The summed E-state index contributed by atoms with van der Waals surface area (Å²) < 4.78 is 10.9. The quantitative estimate of drug-likeness (QED) is 0.312. The molecule has 0 amide bonds. The molecular formula is C18H17Cl3O3. The maximum atomic E-state index is 12.2. The van der Waals surface area contributed by atoms with Crippen molar-refractivity contribution < 1.29 is 14.3 Å². The van der Waals surface area contributed by atoms with Crippen LogP contribution in [0.2, 0.25) is 15.1 Å². The number of ether oxygens (including phenoxy) is 2. The first-order chi connectivity index (χ1) is 11.5. The van der Waals surface area contributed by atoms with E-state index in [0.717, 1.165) is 19.3 Å². The Bertz CT molecular complexity index is 676. The predicted octanol–water partition coefficient (Wildman–Crippen LogP) is 6.44. The Morgan fingerprint density at radius 2 is 1.62 bits per heavy atom. The maximum Gasteiger partial charge on any atom is 0.343 e. The van der Waals surface area contributed by atoms with E-state index in [0.29, 0.717) is 23.1 Å². The monoisotopic (exact) mass is 386 g/mol. The Labute approximate surface area is 156 Å². The van der Waals surface area contributed by atoms with Gasteiger partial charge < -0.3 is 9.47 Å². The highest BCUT2D eigenvalue weighted by molar-refractivity contribution is 6.37. The summed E-state index contributed by atoms with van der Waals surface area (Å²) in [5, 5.41) is 1.12. The minimum Gasteiger partial charge on any atom is -0.490 e. The van der Waals surface area contributed by atoms with Crippen LogP contribution in [0, 0.1) is 0 Å². The maximum absolute atomic E-state index is 12.2. The molecule has 0 bridgehead atoms. The van der Waals surface area contributed by atoms with Crippen molar-refractivity contribution >= 4 is 40.8 Å². The Hall–Kier alpha value is -1.42. The van der Waals surface area contributed by atoms with E-state index in [1.165, 1.54) is 12.1 Å². The highest BCUT2D eigenvalue weighted by Crippen LogP contribution is 2.34. The van der Waals surface area contributed by atoms with Gasteiger partial charge in [0, 0.05) is 5.02 Å². The van der Waals surface area contributed by atoms with E-state index in [1.54, 1.807) is 24.3 Å². The molecule has 2 aromatic rings. The summed E-state index contributed by atoms with van der Waals surface area (Å²) in [5.41, 5.74) is 0.251. The zero-order chi connectivity index (χ0) is 17.5. The number of halogens is 3. The van der Waals surface area contributed by atoms with Gasteiger partial charge in [0.25, 0.3) is 0 Å². The van der Waals surface area contributed by atoms with Crippen LogP contribution in [0.1, 0.15) is 36.5 Å². The molecule has 2 aromatic carbocycles. The molecule has 0 saturated carbocycles.